The first-order valence-electron chi connectivity index (χ1n) is 7.14. The van der Waals surface area contributed by atoms with E-state index in [0.717, 1.165) is 6.08 Å². The number of hydrogen-bond acceptors (Lipinski definition) is 8. The standard InChI is InChI=1S/C13H20N4O7.Na/c1-5(2)12(21)15-9-6(16-17-14)3-8(13(22)23)24-11(9)10(20)7(19)4-18;/h3,5-7,9-11,18-20H,4H2,1-2H3,(H,15,21)(H,22,23);/q;+1/p-1/t6?,7-,9-,10-,11-;/m1./s1. The monoisotopic (exact) mass is 366 g/mol. The van der Waals surface area contributed by atoms with Gasteiger partial charge >= 0.3 is 29.6 Å². The van der Waals surface area contributed by atoms with Crippen molar-refractivity contribution >= 4 is 11.9 Å². The summed E-state index contributed by atoms with van der Waals surface area (Å²) < 4.78 is 5.08. The van der Waals surface area contributed by atoms with Gasteiger partial charge in [-0.05, 0) is 11.6 Å². The maximum Gasteiger partial charge on any atom is 1.00 e. The number of rotatable bonds is 7. The maximum atomic E-state index is 11.9. The average molecular weight is 366 g/mol. The Morgan fingerprint density at radius 2 is 2.08 bits per heavy atom. The molecule has 0 radical (unpaired) electrons. The van der Waals surface area contributed by atoms with Gasteiger partial charge in [0, 0.05) is 10.8 Å². The van der Waals surface area contributed by atoms with Gasteiger partial charge < -0.3 is 35.3 Å². The molecule has 0 spiro atoms. The molecule has 0 saturated carbocycles. The number of ether oxygens (including phenoxy) is 1. The molecule has 1 heterocycles. The van der Waals surface area contributed by atoms with Gasteiger partial charge in [0.15, 0.2) is 0 Å². The minimum atomic E-state index is -1.76. The van der Waals surface area contributed by atoms with E-state index in [2.05, 4.69) is 15.3 Å². The summed E-state index contributed by atoms with van der Waals surface area (Å²) in [4.78, 5) is 25.5. The third-order valence-corrected chi connectivity index (χ3v) is 3.44. The van der Waals surface area contributed by atoms with Crippen LogP contribution in [0.5, 0.6) is 0 Å². The molecular weight excluding hydrogens is 347 g/mol. The van der Waals surface area contributed by atoms with Crippen LogP contribution in [0.25, 0.3) is 10.4 Å². The summed E-state index contributed by atoms with van der Waals surface area (Å²) in [7, 11) is 0. The van der Waals surface area contributed by atoms with E-state index in [9.17, 15) is 24.9 Å². The van der Waals surface area contributed by atoms with E-state index in [-0.39, 0.29) is 29.6 Å². The van der Waals surface area contributed by atoms with Crippen molar-refractivity contribution in [1.29, 1.82) is 0 Å². The third kappa shape index (κ3) is 6.15. The molecule has 1 aliphatic rings. The SMILES string of the molecule is CC(C)C(=O)N[C@@H]1C(N=[N+]=[N-])C=C(C(=O)[O-])O[C@H]1[C@H](O)[C@H](O)CO.[Na+]. The molecule has 25 heavy (non-hydrogen) atoms. The summed E-state index contributed by atoms with van der Waals surface area (Å²) in [6.07, 6.45) is -3.97. The predicted octanol–water partition coefficient (Wildman–Crippen LogP) is -5.44. The molecule has 11 nitrogen and oxygen atoms in total. The molecule has 12 heteroatoms. The Morgan fingerprint density at radius 3 is 2.52 bits per heavy atom. The zero-order chi connectivity index (χ0) is 18.4. The minimum Gasteiger partial charge on any atom is -0.542 e. The molecule has 0 aromatic carbocycles. The van der Waals surface area contributed by atoms with E-state index in [1.54, 1.807) is 13.8 Å². The van der Waals surface area contributed by atoms with Gasteiger partial charge in [-0.3, -0.25) is 4.79 Å². The summed E-state index contributed by atoms with van der Waals surface area (Å²) in [6, 6.07) is -2.36. The maximum absolute atomic E-state index is 11.9. The number of carbonyl (C=O) groups is 2. The Bertz CT molecular complexity index is 565. The Labute approximate surface area is 165 Å². The molecule has 134 valence electrons. The molecular formula is C13H19N4NaO7. The first-order chi connectivity index (χ1) is 11.2. The molecule has 5 atom stereocenters. The summed E-state index contributed by atoms with van der Waals surface area (Å²) in [5, 5.41) is 45.6. The summed E-state index contributed by atoms with van der Waals surface area (Å²) in [5.74, 6) is -3.36. The van der Waals surface area contributed by atoms with Gasteiger partial charge in [-0.2, -0.15) is 0 Å². The first kappa shape index (κ1) is 23.7. The first-order valence-corrected chi connectivity index (χ1v) is 7.14. The molecule has 1 amide bonds. The topological polar surface area (TPSA) is 188 Å². The number of carboxylic acid groups (broad SMARTS) is 1. The fourth-order valence-electron chi connectivity index (χ4n) is 2.10. The van der Waals surface area contributed by atoms with Crippen molar-refractivity contribution in [3.8, 4) is 0 Å². The normalized spacial score (nSPS) is 24.7. The number of azide groups is 1. The van der Waals surface area contributed by atoms with Crippen molar-refractivity contribution in [2.45, 2.75) is 44.2 Å². The second-order valence-electron chi connectivity index (χ2n) is 5.53. The molecule has 0 aliphatic carbocycles. The molecule has 0 aromatic rings. The Kier molecular flexibility index (Phi) is 10.0. The van der Waals surface area contributed by atoms with Crippen LogP contribution in [0.15, 0.2) is 16.9 Å². The second kappa shape index (κ2) is 10.6. The number of nitrogens with zero attached hydrogens (tertiary/aromatic N) is 3. The molecule has 0 fully saturated rings. The van der Waals surface area contributed by atoms with Crippen molar-refractivity contribution in [1.82, 2.24) is 5.32 Å². The molecule has 4 N–H and O–H groups in total. The number of amides is 1. The number of nitrogens with one attached hydrogen (secondary N) is 1. The van der Waals surface area contributed by atoms with Gasteiger partial charge in [0.1, 0.15) is 30.0 Å². The summed E-state index contributed by atoms with van der Waals surface area (Å²) in [5.41, 5.74) is 8.65. The van der Waals surface area contributed by atoms with Crippen molar-refractivity contribution < 1.29 is 64.3 Å². The van der Waals surface area contributed by atoms with Gasteiger partial charge in [0.25, 0.3) is 0 Å². The van der Waals surface area contributed by atoms with Crippen molar-refractivity contribution in [2.75, 3.05) is 6.61 Å². The van der Waals surface area contributed by atoms with Crippen molar-refractivity contribution in [3.63, 3.8) is 0 Å². The van der Waals surface area contributed by atoms with Crippen LogP contribution >= 0.6 is 0 Å². The smallest absolute Gasteiger partial charge is 0.542 e. The number of aliphatic carboxylic acids is 1. The zero-order valence-electron chi connectivity index (χ0n) is 14.1. The van der Waals surface area contributed by atoms with Crippen LogP contribution in [0.4, 0.5) is 0 Å². The molecule has 0 aromatic heterocycles. The van der Waals surface area contributed by atoms with Crippen LogP contribution in [0.3, 0.4) is 0 Å². The second-order valence-corrected chi connectivity index (χ2v) is 5.53. The van der Waals surface area contributed by atoms with Gasteiger partial charge in [-0.25, -0.2) is 0 Å². The Hall–Kier alpha value is -1.33. The third-order valence-electron chi connectivity index (χ3n) is 3.44. The molecule has 1 aliphatic heterocycles. The van der Waals surface area contributed by atoms with Crippen molar-refractivity contribution in [3.05, 3.63) is 22.3 Å². The summed E-state index contributed by atoms with van der Waals surface area (Å²) >= 11 is 0. The zero-order valence-corrected chi connectivity index (χ0v) is 16.1. The average Bonchev–Trinajstić information content (AvgIpc) is 2.54. The Morgan fingerprint density at radius 1 is 1.48 bits per heavy atom. The van der Waals surface area contributed by atoms with Gasteiger partial charge in [0.2, 0.25) is 5.91 Å². The van der Waals surface area contributed by atoms with Crippen LogP contribution in [0, 0.1) is 5.92 Å². The van der Waals surface area contributed by atoms with E-state index in [1.807, 2.05) is 0 Å². The van der Waals surface area contributed by atoms with Gasteiger partial charge in [-0.1, -0.05) is 19.0 Å². The van der Waals surface area contributed by atoms with Gasteiger partial charge in [-0.15, -0.1) is 0 Å². The van der Waals surface area contributed by atoms with Crippen LogP contribution in [0.2, 0.25) is 0 Å². The molecule has 1 unspecified atom stereocenters. The van der Waals surface area contributed by atoms with E-state index in [1.165, 1.54) is 0 Å². The number of carbonyl (C=O) groups excluding carboxylic acids is 2. The fraction of sp³-hybridized carbons (Fsp3) is 0.692. The van der Waals surface area contributed by atoms with E-state index in [0.29, 0.717) is 0 Å². The molecule has 0 saturated heterocycles. The van der Waals surface area contributed by atoms with Crippen molar-refractivity contribution in [2.24, 2.45) is 11.0 Å². The van der Waals surface area contributed by atoms with Crippen LogP contribution in [-0.4, -0.2) is 64.2 Å². The fourth-order valence-corrected chi connectivity index (χ4v) is 2.10. The predicted molar refractivity (Wildman–Crippen MR) is 76.8 cm³/mol. The van der Waals surface area contributed by atoms with E-state index >= 15 is 0 Å². The van der Waals surface area contributed by atoms with Crippen LogP contribution in [-0.2, 0) is 14.3 Å². The summed E-state index contributed by atoms with van der Waals surface area (Å²) in [6.45, 7) is 2.36. The largest absolute Gasteiger partial charge is 1.00 e. The number of aliphatic hydroxyl groups excluding tert-OH is 3. The number of hydrogen-bond donors (Lipinski definition) is 4. The molecule has 0 bridgehead atoms. The van der Waals surface area contributed by atoms with Crippen LogP contribution in [0.1, 0.15) is 13.8 Å². The Balaban J connectivity index is 0.00000576. The number of carboxylic acids is 1. The van der Waals surface area contributed by atoms with Gasteiger partial charge in [0.05, 0.1) is 18.7 Å². The van der Waals surface area contributed by atoms with E-state index < -0.39 is 60.6 Å². The number of aliphatic hydroxyl groups is 3. The molecule has 1 rings (SSSR count). The van der Waals surface area contributed by atoms with Crippen LogP contribution < -0.4 is 40.0 Å². The minimum absolute atomic E-state index is 0. The van der Waals surface area contributed by atoms with E-state index in [4.69, 9.17) is 15.4 Å². The quantitative estimate of drug-likeness (QED) is 0.150.